The summed E-state index contributed by atoms with van der Waals surface area (Å²) in [6.45, 7) is 8.12. The number of rotatable bonds is 35. The first-order valence-electron chi connectivity index (χ1n) is 21.6. The Balaban J connectivity index is 0.0000123. The molecule has 0 amide bonds. The normalized spacial score (nSPS) is 18.2. The molecule has 0 aromatic rings. The van der Waals surface area contributed by atoms with Gasteiger partial charge in [-0.2, -0.15) is 4.94 Å². The van der Waals surface area contributed by atoms with Gasteiger partial charge in [0.25, 0.3) is 0 Å². The van der Waals surface area contributed by atoms with Crippen molar-refractivity contribution in [3.63, 3.8) is 0 Å². The molecule has 1 aliphatic heterocycles. The van der Waals surface area contributed by atoms with Gasteiger partial charge in [-0.05, 0) is 81.6 Å². The number of unbranched alkanes of at least 4 members (excludes halogenated alkanes) is 18. The Morgan fingerprint density at radius 1 is 0.569 bits per heavy atom. The predicted octanol–water partition coefficient (Wildman–Crippen LogP) is 13.5. The topological polar surface area (TPSA) is 68.2 Å². The second kappa shape index (κ2) is 38.4. The zero-order valence-corrected chi connectivity index (χ0v) is 33.9. The summed E-state index contributed by atoms with van der Waals surface area (Å²) in [5.74, 6) is -1.32. The van der Waals surface area contributed by atoms with Gasteiger partial charge in [-0.25, -0.2) is 0 Å². The maximum absolute atomic E-state index is 14.4. The van der Waals surface area contributed by atoms with Crippen LogP contribution in [0.25, 0.3) is 0 Å². The molecule has 3 atom stereocenters. The van der Waals surface area contributed by atoms with Crippen molar-refractivity contribution in [2.24, 2.45) is 0 Å². The standard InChI is InChI=1S/C43H77FO5.C2H6/c1-3-5-7-9-11-13-15-17-19-21-23-25-27-29-31-33-35-43(49-44,48-41-37-40(38-45)47-42(41)39-46)36-34-32-30-28-26-24-22-20-18-16-14-12-10-8-6-4-2;1-2/h11-14,17-20,40-42,45-46H,3-10,15-16,21-39H2,1-2H3;1-2H3/b13-11-,14-12-,19-17-,20-18-;. The van der Waals surface area contributed by atoms with Crippen LogP contribution in [0.4, 0.5) is 4.53 Å². The van der Waals surface area contributed by atoms with E-state index in [1.807, 2.05) is 13.8 Å². The summed E-state index contributed by atoms with van der Waals surface area (Å²) < 4.78 is 26.4. The van der Waals surface area contributed by atoms with E-state index in [9.17, 15) is 14.7 Å². The molecule has 3 unspecified atom stereocenters. The molecule has 2 N–H and O–H groups in total. The number of hydrogen-bond acceptors (Lipinski definition) is 5. The van der Waals surface area contributed by atoms with E-state index in [2.05, 4.69) is 67.4 Å². The van der Waals surface area contributed by atoms with E-state index >= 15 is 0 Å². The van der Waals surface area contributed by atoms with Gasteiger partial charge in [0, 0.05) is 19.3 Å². The predicted molar refractivity (Wildman–Crippen MR) is 217 cm³/mol. The Morgan fingerprint density at radius 3 is 1.33 bits per heavy atom. The molecular formula is C45H83FO5. The van der Waals surface area contributed by atoms with Crippen molar-refractivity contribution in [3.05, 3.63) is 48.6 Å². The molecule has 0 aliphatic carbocycles. The molecule has 300 valence electrons. The van der Waals surface area contributed by atoms with Crippen LogP contribution < -0.4 is 0 Å². The summed E-state index contributed by atoms with van der Waals surface area (Å²) in [5.41, 5.74) is 0. The largest absolute Gasteiger partial charge is 0.394 e. The molecule has 1 saturated heterocycles. The first kappa shape index (κ1) is 49.7. The first-order valence-corrected chi connectivity index (χ1v) is 21.6. The minimum absolute atomic E-state index is 0.141. The van der Waals surface area contributed by atoms with Gasteiger partial charge in [0.1, 0.15) is 6.10 Å². The second-order valence-corrected chi connectivity index (χ2v) is 14.2. The van der Waals surface area contributed by atoms with Crippen LogP contribution in [0.2, 0.25) is 0 Å². The fraction of sp³-hybridized carbons (Fsp3) is 0.822. The zero-order chi connectivity index (χ0) is 37.5. The maximum atomic E-state index is 14.4. The summed E-state index contributed by atoms with van der Waals surface area (Å²) >= 11 is 0. The van der Waals surface area contributed by atoms with Crippen LogP contribution in [0, 0.1) is 0 Å². The Kier molecular flexibility index (Phi) is 37.4. The van der Waals surface area contributed by atoms with Crippen molar-refractivity contribution in [1.82, 2.24) is 0 Å². The Hall–Kier alpha value is -1.31. The lowest BCUT2D eigenvalue weighted by molar-refractivity contribution is -0.366. The van der Waals surface area contributed by atoms with Gasteiger partial charge in [-0.3, -0.25) is 0 Å². The van der Waals surface area contributed by atoms with Gasteiger partial charge in [0.05, 0.1) is 25.4 Å². The van der Waals surface area contributed by atoms with Crippen molar-refractivity contribution in [1.29, 1.82) is 0 Å². The average molecular weight is 723 g/mol. The van der Waals surface area contributed by atoms with E-state index in [0.717, 1.165) is 64.2 Å². The Morgan fingerprint density at radius 2 is 0.961 bits per heavy atom. The van der Waals surface area contributed by atoms with E-state index < -0.39 is 24.1 Å². The molecule has 0 radical (unpaired) electrons. The molecule has 0 aromatic carbocycles. The molecule has 1 rings (SSSR count). The van der Waals surface area contributed by atoms with Gasteiger partial charge < -0.3 is 19.7 Å². The van der Waals surface area contributed by atoms with E-state index in [1.54, 1.807) is 0 Å². The minimum atomic E-state index is -1.32. The van der Waals surface area contributed by atoms with Gasteiger partial charge >= 0.3 is 0 Å². The van der Waals surface area contributed by atoms with Gasteiger partial charge in [-0.1, -0.05) is 153 Å². The van der Waals surface area contributed by atoms with E-state index in [1.165, 1.54) is 89.9 Å². The summed E-state index contributed by atoms with van der Waals surface area (Å²) in [6, 6.07) is 0. The SMILES string of the molecule is CC.CCCCC/C=C\C/C=C\CCCCCCCCC(CCCCCCCC/C=C\C/C=C\CCCCC)(OF)OC1CC(CO)OC1CO. The number of hydrogen-bond donors (Lipinski definition) is 2. The van der Waals surface area contributed by atoms with Gasteiger partial charge in [-0.15, -0.1) is 0 Å². The lowest BCUT2D eigenvalue weighted by Crippen LogP contribution is -2.41. The van der Waals surface area contributed by atoms with Crippen LogP contribution in [0.1, 0.15) is 201 Å². The van der Waals surface area contributed by atoms with Crippen molar-refractivity contribution < 1.29 is 29.2 Å². The first-order chi connectivity index (χ1) is 25.1. The Bertz CT molecular complexity index is 777. The number of aliphatic hydroxyl groups is 2. The molecule has 1 aliphatic rings. The van der Waals surface area contributed by atoms with E-state index in [0.29, 0.717) is 19.3 Å². The smallest absolute Gasteiger partial charge is 0.207 e. The molecule has 0 saturated carbocycles. The van der Waals surface area contributed by atoms with E-state index in [4.69, 9.17) is 9.47 Å². The summed E-state index contributed by atoms with van der Waals surface area (Å²) in [5, 5.41) is 19.4. The number of halogens is 1. The van der Waals surface area contributed by atoms with Crippen LogP contribution in [0.3, 0.4) is 0 Å². The van der Waals surface area contributed by atoms with Crippen LogP contribution in [0.15, 0.2) is 48.6 Å². The monoisotopic (exact) mass is 723 g/mol. The number of aliphatic hydroxyl groups excluding tert-OH is 2. The van der Waals surface area contributed by atoms with Crippen molar-refractivity contribution in [2.45, 2.75) is 225 Å². The summed E-state index contributed by atoms with van der Waals surface area (Å²) in [4.78, 5) is 4.66. The maximum Gasteiger partial charge on any atom is 0.207 e. The second-order valence-electron chi connectivity index (χ2n) is 14.2. The van der Waals surface area contributed by atoms with Crippen molar-refractivity contribution in [3.8, 4) is 0 Å². The fourth-order valence-electron chi connectivity index (χ4n) is 6.58. The van der Waals surface area contributed by atoms with Gasteiger partial charge in [0.2, 0.25) is 5.79 Å². The third-order valence-corrected chi connectivity index (χ3v) is 9.68. The molecule has 0 spiro atoms. The number of ether oxygens (including phenoxy) is 2. The van der Waals surface area contributed by atoms with E-state index in [-0.39, 0.29) is 13.2 Å². The quantitative estimate of drug-likeness (QED) is 0.0387. The van der Waals surface area contributed by atoms with Crippen molar-refractivity contribution >= 4 is 0 Å². The lowest BCUT2D eigenvalue weighted by atomic mass is 9.98. The van der Waals surface area contributed by atoms with Crippen LogP contribution in [-0.4, -0.2) is 47.5 Å². The highest BCUT2D eigenvalue weighted by atomic mass is 19.3. The Labute approximate surface area is 315 Å². The molecule has 6 heteroatoms. The molecular weight excluding hydrogens is 639 g/mol. The molecule has 0 aromatic heterocycles. The molecule has 0 bridgehead atoms. The van der Waals surface area contributed by atoms with Crippen LogP contribution in [0.5, 0.6) is 0 Å². The molecule has 51 heavy (non-hydrogen) atoms. The third-order valence-electron chi connectivity index (χ3n) is 9.68. The molecule has 5 nitrogen and oxygen atoms in total. The highest BCUT2D eigenvalue weighted by Crippen LogP contribution is 2.35. The molecule has 1 fully saturated rings. The average Bonchev–Trinajstić information content (AvgIpc) is 3.56. The summed E-state index contributed by atoms with van der Waals surface area (Å²) in [6.07, 6.45) is 46.0. The minimum Gasteiger partial charge on any atom is -0.394 e. The highest BCUT2D eigenvalue weighted by molar-refractivity contribution is 4.93. The van der Waals surface area contributed by atoms with Crippen LogP contribution in [-0.2, 0) is 14.4 Å². The lowest BCUT2D eigenvalue weighted by Gasteiger charge is -2.33. The third kappa shape index (κ3) is 28.8. The van der Waals surface area contributed by atoms with Crippen LogP contribution >= 0.6 is 0 Å². The zero-order valence-electron chi connectivity index (χ0n) is 33.9. The number of allylic oxidation sites excluding steroid dienone is 8. The highest BCUT2D eigenvalue weighted by Gasteiger charge is 2.43. The summed E-state index contributed by atoms with van der Waals surface area (Å²) in [7, 11) is 0. The van der Waals surface area contributed by atoms with Crippen molar-refractivity contribution in [2.75, 3.05) is 13.2 Å². The molecule has 1 heterocycles. The fourth-order valence-corrected chi connectivity index (χ4v) is 6.58. The van der Waals surface area contributed by atoms with Gasteiger partial charge in [0.15, 0.2) is 0 Å².